The molecule has 0 saturated heterocycles. The van der Waals surface area contributed by atoms with E-state index in [1.54, 1.807) is 18.3 Å². The summed E-state index contributed by atoms with van der Waals surface area (Å²) in [4.78, 5) is 4.56. The molecule has 1 N–H and O–H groups in total. The van der Waals surface area contributed by atoms with Gasteiger partial charge in [-0.25, -0.2) is 4.98 Å². The average Bonchev–Trinajstić information content (AvgIpc) is 2.87. The zero-order chi connectivity index (χ0) is 16.3. The molecular formula is C16H19NO3S2. The Labute approximate surface area is 134 Å². The molecule has 4 nitrogen and oxygen atoms in total. The molecule has 3 rings (SSSR count). The standard InChI is InChI=1S/C12H9NS.C4H10O3S/c1-8-13-12-10-5-3-2-4-9(10)6-7-11(12)14-8;1-3-4(2)8(5,6)7/h2-7H,1H3;4H,3H2,1-2H3,(H,5,6,7). The number of nitrogens with zero attached hydrogens (tertiary/aromatic N) is 1. The minimum Gasteiger partial charge on any atom is -0.285 e. The molecule has 0 aliphatic rings. The number of fused-ring (bicyclic) bond motifs is 3. The van der Waals surface area contributed by atoms with Gasteiger partial charge in [0.1, 0.15) is 0 Å². The third-order valence-electron chi connectivity index (χ3n) is 3.47. The second kappa shape index (κ2) is 6.73. The van der Waals surface area contributed by atoms with E-state index in [1.165, 1.54) is 22.4 Å². The molecule has 0 bridgehead atoms. The van der Waals surface area contributed by atoms with Gasteiger partial charge < -0.3 is 0 Å². The quantitative estimate of drug-likeness (QED) is 0.702. The summed E-state index contributed by atoms with van der Waals surface area (Å²) in [5.41, 5.74) is 1.14. The number of thiazole rings is 1. The Hall–Kier alpha value is -1.50. The monoisotopic (exact) mass is 337 g/mol. The number of hydrogen-bond acceptors (Lipinski definition) is 4. The van der Waals surface area contributed by atoms with E-state index in [1.807, 2.05) is 0 Å². The Balaban J connectivity index is 0.000000192. The van der Waals surface area contributed by atoms with Crippen LogP contribution in [0.5, 0.6) is 0 Å². The van der Waals surface area contributed by atoms with Gasteiger partial charge in [-0.15, -0.1) is 11.3 Å². The summed E-state index contributed by atoms with van der Waals surface area (Å²) in [6, 6.07) is 12.7. The van der Waals surface area contributed by atoms with Crippen molar-refractivity contribution in [2.24, 2.45) is 0 Å². The maximum atomic E-state index is 10.1. The van der Waals surface area contributed by atoms with Crippen LogP contribution in [-0.4, -0.2) is 23.2 Å². The van der Waals surface area contributed by atoms with Crippen LogP contribution in [-0.2, 0) is 10.1 Å². The molecule has 0 fully saturated rings. The highest BCUT2D eigenvalue weighted by Gasteiger charge is 2.13. The van der Waals surface area contributed by atoms with Crippen molar-refractivity contribution in [3.8, 4) is 0 Å². The molecular weight excluding hydrogens is 318 g/mol. The van der Waals surface area contributed by atoms with E-state index < -0.39 is 15.4 Å². The molecule has 1 atom stereocenters. The Bertz CT molecular complexity index is 885. The van der Waals surface area contributed by atoms with Crippen LogP contribution in [0.15, 0.2) is 36.4 Å². The van der Waals surface area contributed by atoms with Gasteiger partial charge in [0.25, 0.3) is 10.1 Å². The van der Waals surface area contributed by atoms with Crippen molar-refractivity contribution in [1.29, 1.82) is 0 Å². The van der Waals surface area contributed by atoms with Gasteiger partial charge in [-0.2, -0.15) is 8.42 Å². The van der Waals surface area contributed by atoms with Crippen molar-refractivity contribution in [3.05, 3.63) is 41.4 Å². The molecule has 1 unspecified atom stereocenters. The van der Waals surface area contributed by atoms with Crippen LogP contribution in [0, 0.1) is 6.92 Å². The van der Waals surface area contributed by atoms with Gasteiger partial charge in [0.15, 0.2) is 0 Å². The van der Waals surface area contributed by atoms with E-state index in [0.29, 0.717) is 6.42 Å². The summed E-state index contributed by atoms with van der Waals surface area (Å²) in [5.74, 6) is 0. The van der Waals surface area contributed by atoms with Crippen molar-refractivity contribution >= 4 is 42.4 Å². The lowest BCUT2D eigenvalue weighted by molar-refractivity contribution is 0.468. The smallest absolute Gasteiger partial charge is 0.267 e. The average molecular weight is 337 g/mol. The Morgan fingerprint density at radius 2 is 1.91 bits per heavy atom. The molecule has 2 aromatic carbocycles. The molecule has 1 aromatic heterocycles. The summed E-state index contributed by atoms with van der Waals surface area (Å²) < 4.78 is 29.8. The van der Waals surface area contributed by atoms with Crippen molar-refractivity contribution < 1.29 is 13.0 Å². The molecule has 22 heavy (non-hydrogen) atoms. The van der Waals surface area contributed by atoms with Gasteiger partial charge in [0.05, 0.1) is 20.5 Å². The summed E-state index contributed by atoms with van der Waals surface area (Å²) in [6.45, 7) is 5.23. The predicted molar refractivity (Wildman–Crippen MR) is 93.2 cm³/mol. The fourth-order valence-corrected chi connectivity index (χ4v) is 3.25. The van der Waals surface area contributed by atoms with E-state index in [2.05, 4.69) is 48.3 Å². The summed E-state index contributed by atoms with van der Waals surface area (Å²) in [7, 11) is -3.75. The van der Waals surface area contributed by atoms with E-state index in [9.17, 15) is 8.42 Å². The number of hydrogen-bond donors (Lipinski definition) is 1. The molecule has 0 aliphatic carbocycles. The number of aromatic nitrogens is 1. The third kappa shape index (κ3) is 3.82. The lowest BCUT2D eigenvalue weighted by Crippen LogP contribution is -2.14. The van der Waals surface area contributed by atoms with Gasteiger partial charge in [-0.1, -0.05) is 37.3 Å². The van der Waals surface area contributed by atoms with E-state index in [0.717, 1.165) is 10.5 Å². The first-order valence-electron chi connectivity index (χ1n) is 7.04. The SMILES string of the molecule is CCC(C)S(=O)(=O)O.Cc1nc2c(ccc3ccccc32)s1. The summed E-state index contributed by atoms with van der Waals surface area (Å²) in [6.07, 6.45) is 0.457. The minimum absolute atomic E-state index is 0.457. The van der Waals surface area contributed by atoms with Crippen molar-refractivity contribution in [2.75, 3.05) is 0 Å². The molecule has 118 valence electrons. The third-order valence-corrected chi connectivity index (χ3v) is 5.76. The fraction of sp³-hybridized carbons (Fsp3) is 0.312. The van der Waals surface area contributed by atoms with Gasteiger partial charge in [-0.05, 0) is 31.7 Å². The molecule has 1 heterocycles. The Kier molecular flexibility index (Phi) is 5.16. The molecule has 0 saturated carbocycles. The first-order valence-corrected chi connectivity index (χ1v) is 9.36. The zero-order valence-corrected chi connectivity index (χ0v) is 14.4. The number of aryl methyl sites for hydroxylation is 1. The largest absolute Gasteiger partial charge is 0.285 e. The van der Waals surface area contributed by atoms with Crippen LogP contribution < -0.4 is 0 Å². The van der Waals surface area contributed by atoms with Crippen LogP contribution in [0.3, 0.4) is 0 Å². The maximum Gasteiger partial charge on any atom is 0.267 e. The fourth-order valence-electron chi connectivity index (χ4n) is 1.98. The van der Waals surface area contributed by atoms with Crippen LogP contribution in [0.1, 0.15) is 25.3 Å². The minimum atomic E-state index is -3.75. The zero-order valence-electron chi connectivity index (χ0n) is 12.8. The first kappa shape index (κ1) is 16.9. The van der Waals surface area contributed by atoms with Gasteiger partial charge >= 0.3 is 0 Å². The Morgan fingerprint density at radius 3 is 2.50 bits per heavy atom. The summed E-state index contributed by atoms with van der Waals surface area (Å²) >= 11 is 1.76. The van der Waals surface area contributed by atoms with Gasteiger partial charge in [-0.3, -0.25) is 4.55 Å². The molecule has 0 aliphatic heterocycles. The lowest BCUT2D eigenvalue weighted by Gasteiger charge is -2.00. The molecule has 3 aromatic rings. The lowest BCUT2D eigenvalue weighted by atomic mass is 10.1. The van der Waals surface area contributed by atoms with Crippen molar-refractivity contribution in [2.45, 2.75) is 32.4 Å². The second-order valence-corrected chi connectivity index (χ2v) is 8.17. The van der Waals surface area contributed by atoms with Gasteiger partial charge in [0.2, 0.25) is 0 Å². The molecule has 0 amide bonds. The van der Waals surface area contributed by atoms with E-state index in [-0.39, 0.29) is 0 Å². The summed E-state index contributed by atoms with van der Waals surface area (Å²) in [5, 5.41) is 3.04. The highest BCUT2D eigenvalue weighted by Crippen LogP contribution is 2.28. The van der Waals surface area contributed by atoms with Gasteiger partial charge in [0, 0.05) is 5.39 Å². The predicted octanol–water partition coefficient (Wildman–Crippen LogP) is 4.43. The molecule has 0 spiro atoms. The Morgan fingerprint density at radius 1 is 1.23 bits per heavy atom. The molecule has 6 heteroatoms. The van der Waals surface area contributed by atoms with E-state index >= 15 is 0 Å². The van der Waals surface area contributed by atoms with Crippen LogP contribution >= 0.6 is 11.3 Å². The van der Waals surface area contributed by atoms with Crippen molar-refractivity contribution in [1.82, 2.24) is 4.98 Å². The number of rotatable bonds is 2. The highest BCUT2D eigenvalue weighted by molar-refractivity contribution is 7.86. The van der Waals surface area contributed by atoms with Crippen LogP contribution in [0.2, 0.25) is 0 Å². The van der Waals surface area contributed by atoms with Crippen LogP contribution in [0.25, 0.3) is 21.0 Å². The second-order valence-electron chi connectivity index (χ2n) is 5.10. The molecule has 0 radical (unpaired) electrons. The van der Waals surface area contributed by atoms with Crippen molar-refractivity contribution in [3.63, 3.8) is 0 Å². The topological polar surface area (TPSA) is 67.3 Å². The normalized spacial score (nSPS) is 12.9. The number of benzene rings is 2. The van der Waals surface area contributed by atoms with E-state index in [4.69, 9.17) is 4.55 Å². The first-order chi connectivity index (χ1) is 10.3. The van der Waals surface area contributed by atoms with Crippen LogP contribution in [0.4, 0.5) is 0 Å². The maximum absolute atomic E-state index is 10.1. The highest BCUT2D eigenvalue weighted by atomic mass is 32.2.